The van der Waals surface area contributed by atoms with Crippen LogP contribution in [0.5, 0.6) is 0 Å². The number of fused-ring (bicyclic) bond motifs is 22. The smallest absolute Gasteiger partial charge is 0.0728 e. The molecule has 5 saturated carbocycles. The Morgan fingerprint density at radius 2 is 1.00 bits per heavy atom. The minimum absolute atomic E-state index is 0.360. The van der Waals surface area contributed by atoms with Crippen molar-refractivity contribution in [3.63, 3.8) is 0 Å². The number of hydrogen-bond acceptors (Lipinski definition) is 2. The van der Waals surface area contributed by atoms with Crippen molar-refractivity contribution in [2.24, 2.45) is 29.1 Å². The third-order valence-electron chi connectivity index (χ3n) is 20.3. The number of hydrogen-bond donors (Lipinski definition) is 0. The second-order valence-corrected chi connectivity index (χ2v) is 22.5. The fourth-order valence-corrected chi connectivity index (χ4v) is 18.4. The molecular formula is C60H47N3. The van der Waals surface area contributed by atoms with Gasteiger partial charge in [-0.3, -0.25) is 9.97 Å². The topological polar surface area (TPSA) is 30.2 Å². The van der Waals surface area contributed by atoms with Crippen molar-refractivity contribution in [1.29, 1.82) is 0 Å². The van der Waals surface area contributed by atoms with Crippen LogP contribution in [-0.4, -0.2) is 14.4 Å². The third kappa shape index (κ3) is 3.53. The third-order valence-corrected chi connectivity index (χ3v) is 20.3. The highest BCUT2D eigenvalue weighted by Crippen LogP contribution is 2.76. The van der Waals surface area contributed by atoms with E-state index < -0.39 is 0 Å². The minimum atomic E-state index is -0.360. The van der Waals surface area contributed by atoms with Crippen LogP contribution in [0.2, 0.25) is 0 Å². The average molecular weight is 810 g/mol. The molecule has 0 saturated heterocycles. The lowest BCUT2D eigenvalue weighted by atomic mass is 9.56. The van der Waals surface area contributed by atoms with Crippen LogP contribution in [0, 0.1) is 29.1 Å². The Morgan fingerprint density at radius 1 is 0.460 bits per heavy atom. The van der Waals surface area contributed by atoms with E-state index >= 15 is 0 Å². The highest BCUT2D eigenvalue weighted by molar-refractivity contribution is 6.26. The molecule has 0 N–H and O–H groups in total. The quantitative estimate of drug-likeness (QED) is 0.165. The summed E-state index contributed by atoms with van der Waals surface area (Å²) in [6, 6.07) is 40.6. The molecule has 3 heteroatoms. The molecule has 63 heavy (non-hydrogen) atoms. The number of nitrogens with zero attached hydrogens (tertiary/aromatic N) is 3. The Labute approximate surface area is 366 Å². The van der Waals surface area contributed by atoms with Crippen molar-refractivity contribution in [2.75, 3.05) is 0 Å². The van der Waals surface area contributed by atoms with Crippen molar-refractivity contribution >= 4 is 38.1 Å². The van der Waals surface area contributed by atoms with Crippen molar-refractivity contribution in [3.8, 4) is 33.4 Å². The molecule has 7 unspecified atom stereocenters. The Morgan fingerprint density at radius 3 is 1.65 bits per heavy atom. The van der Waals surface area contributed by atoms with Gasteiger partial charge in [-0.25, -0.2) is 0 Å². The van der Waals surface area contributed by atoms with E-state index in [0.29, 0.717) is 29.1 Å². The monoisotopic (exact) mass is 809 g/mol. The summed E-state index contributed by atoms with van der Waals surface area (Å²) in [5.74, 6) is 6.04. The van der Waals surface area contributed by atoms with Gasteiger partial charge in [0.05, 0.1) is 34.4 Å². The van der Waals surface area contributed by atoms with E-state index in [1.54, 1.807) is 11.1 Å². The number of aromatic nitrogens is 3. The maximum Gasteiger partial charge on any atom is 0.0728 e. The van der Waals surface area contributed by atoms with Gasteiger partial charge in [0.2, 0.25) is 0 Å². The Bertz CT molecular complexity index is 3550. The van der Waals surface area contributed by atoms with Gasteiger partial charge < -0.3 is 4.40 Å². The van der Waals surface area contributed by atoms with Gasteiger partial charge in [-0.15, -0.1) is 0 Å². The zero-order valence-corrected chi connectivity index (χ0v) is 35.5. The number of pyridine rings is 2. The van der Waals surface area contributed by atoms with Crippen molar-refractivity contribution < 1.29 is 0 Å². The second kappa shape index (κ2) is 10.6. The molecule has 0 amide bonds. The second-order valence-electron chi connectivity index (χ2n) is 22.5. The fraction of sp³-hybridized carbons (Fsp3) is 0.333. The summed E-state index contributed by atoms with van der Waals surface area (Å²) in [6.45, 7) is 0. The predicted octanol–water partition coefficient (Wildman–Crippen LogP) is 14.4. The van der Waals surface area contributed by atoms with Gasteiger partial charge in [0, 0.05) is 44.8 Å². The Balaban J connectivity index is 0.958. The minimum Gasteiger partial charge on any atom is -0.305 e. The summed E-state index contributed by atoms with van der Waals surface area (Å²) in [5.41, 5.74) is 24.3. The average Bonchev–Trinajstić information content (AvgIpc) is 4.10. The van der Waals surface area contributed by atoms with Crippen LogP contribution >= 0.6 is 0 Å². The molecule has 4 aromatic heterocycles. The summed E-state index contributed by atoms with van der Waals surface area (Å²) in [6.07, 6.45) is 18.4. The maximum atomic E-state index is 5.60. The molecule has 4 heterocycles. The number of rotatable bonds is 1. The van der Waals surface area contributed by atoms with Gasteiger partial charge in [-0.1, -0.05) is 84.9 Å². The zero-order chi connectivity index (χ0) is 40.2. The molecule has 10 aliphatic rings. The highest BCUT2D eigenvalue weighted by Gasteiger charge is 2.66. The van der Waals surface area contributed by atoms with Gasteiger partial charge >= 0.3 is 0 Å². The van der Waals surface area contributed by atoms with Crippen molar-refractivity contribution in [2.45, 2.75) is 93.3 Å². The highest BCUT2D eigenvalue weighted by atomic mass is 15.0. The van der Waals surface area contributed by atoms with Crippen LogP contribution in [0.1, 0.15) is 133 Å². The lowest BCUT2D eigenvalue weighted by Gasteiger charge is -2.48. The fourth-order valence-electron chi connectivity index (χ4n) is 18.4. The number of benzene rings is 5. The van der Waals surface area contributed by atoms with E-state index in [-0.39, 0.29) is 5.41 Å². The first-order chi connectivity index (χ1) is 31.1. The van der Waals surface area contributed by atoms with E-state index in [1.807, 2.05) is 0 Å². The SMILES string of the molecule is c1ccc2c(c1)-c1ccccc1C21c2ccccc2-c2ccc(-c3cc4c5c6c(ncc5n5c7cnc8c(c7c(c3)c45)C3CC4CC5CC8CC54C3)C3CC4CC(C3)CC6C4)cc21. The molecule has 19 rings (SSSR count). The summed E-state index contributed by atoms with van der Waals surface area (Å²) in [7, 11) is 0. The van der Waals surface area contributed by atoms with Crippen molar-refractivity contribution in [3.05, 3.63) is 160 Å². The molecule has 302 valence electrons. The van der Waals surface area contributed by atoms with E-state index in [1.165, 1.54) is 169 Å². The van der Waals surface area contributed by atoms with Crippen LogP contribution in [0.15, 0.2) is 116 Å². The molecule has 0 radical (unpaired) electrons. The molecule has 7 bridgehead atoms. The van der Waals surface area contributed by atoms with E-state index in [0.717, 1.165) is 23.7 Å². The van der Waals surface area contributed by atoms with Crippen LogP contribution in [0.25, 0.3) is 71.5 Å². The zero-order valence-electron chi connectivity index (χ0n) is 35.5. The molecule has 0 aliphatic heterocycles. The molecule has 3 nitrogen and oxygen atoms in total. The van der Waals surface area contributed by atoms with Crippen LogP contribution < -0.4 is 0 Å². The van der Waals surface area contributed by atoms with Gasteiger partial charge in [0.1, 0.15) is 0 Å². The van der Waals surface area contributed by atoms with Crippen LogP contribution in [0.4, 0.5) is 0 Å². The lowest BCUT2D eigenvalue weighted by molar-refractivity contribution is 0.00321. The summed E-state index contributed by atoms with van der Waals surface area (Å²) >= 11 is 0. The Hall–Kier alpha value is -5.80. The lowest BCUT2D eigenvalue weighted by Crippen LogP contribution is -2.41. The first kappa shape index (κ1) is 32.8. The summed E-state index contributed by atoms with van der Waals surface area (Å²) in [4.78, 5) is 11.2. The van der Waals surface area contributed by atoms with E-state index in [2.05, 4.69) is 120 Å². The standard InChI is InChI=1S/C60H47N3/c1-4-10-46-40(7-1)41-8-2-5-11-47(41)60(46)48-12-6-3-9-42(48)43-14-13-32(24-49(43)60)33-22-44-54-50(28-61-56-35-18-30-15-31(19-35)17-34(16-30)52(54)56)63-51-29-62-57-37-21-39-25-38-20-36(26-59(38,39)27-37)53(57)55(51)45(23-33)58(44)63/h1-14,22-24,28-31,34-39H,15-21,25-27H2. The molecule has 10 aliphatic carbocycles. The first-order valence-corrected chi connectivity index (χ1v) is 24.6. The molecule has 2 spiro atoms. The molecule has 5 aromatic carbocycles. The van der Waals surface area contributed by atoms with Gasteiger partial charge in [0.25, 0.3) is 0 Å². The normalized spacial score (nSPS) is 31.0. The van der Waals surface area contributed by atoms with E-state index in [9.17, 15) is 0 Å². The molecule has 5 fully saturated rings. The van der Waals surface area contributed by atoms with Crippen LogP contribution in [-0.2, 0) is 5.41 Å². The molecular weight excluding hydrogens is 763 g/mol. The summed E-state index contributed by atoms with van der Waals surface area (Å²) in [5, 5.41) is 5.95. The molecule has 9 aromatic rings. The van der Waals surface area contributed by atoms with Gasteiger partial charge in [-0.2, -0.15) is 0 Å². The van der Waals surface area contributed by atoms with Crippen molar-refractivity contribution in [1.82, 2.24) is 14.4 Å². The Kier molecular flexibility index (Phi) is 5.51. The van der Waals surface area contributed by atoms with Gasteiger partial charge in [0.15, 0.2) is 0 Å². The molecule has 7 atom stereocenters. The van der Waals surface area contributed by atoms with Gasteiger partial charge in [-0.05, 0) is 190 Å². The largest absolute Gasteiger partial charge is 0.305 e. The van der Waals surface area contributed by atoms with Crippen LogP contribution in [0.3, 0.4) is 0 Å². The summed E-state index contributed by atoms with van der Waals surface area (Å²) < 4.78 is 2.67. The first-order valence-electron chi connectivity index (χ1n) is 24.6. The van der Waals surface area contributed by atoms with E-state index in [4.69, 9.17) is 9.97 Å². The predicted molar refractivity (Wildman–Crippen MR) is 252 cm³/mol. The maximum absolute atomic E-state index is 5.60.